The van der Waals surface area contributed by atoms with Crippen molar-refractivity contribution >= 4 is 34.8 Å². The summed E-state index contributed by atoms with van der Waals surface area (Å²) in [6.07, 6.45) is 6.37. The zero-order chi connectivity index (χ0) is 25.5. The van der Waals surface area contributed by atoms with E-state index in [2.05, 4.69) is 4.98 Å². The molecule has 1 N–H and O–H groups in total. The lowest BCUT2D eigenvalue weighted by Crippen LogP contribution is -2.52. The summed E-state index contributed by atoms with van der Waals surface area (Å²) in [5.41, 5.74) is 5.26. The molecule has 190 valence electrons. The van der Waals surface area contributed by atoms with Crippen LogP contribution in [0.5, 0.6) is 0 Å². The van der Waals surface area contributed by atoms with E-state index in [0.29, 0.717) is 5.56 Å². The first-order valence-electron chi connectivity index (χ1n) is 13.0. The summed E-state index contributed by atoms with van der Waals surface area (Å²) >= 11 is 1.55. The Morgan fingerprint density at radius 3 is 2.62 bits per heavy atom. The number of para-hydroxylation sites is 1. The fraction of sp³-hybridized carbons (Fsp3) is 0.379. The first-order chi connectivity index (χ1) is 18.0. The van der Waals surface area contributed by atoms with Gasteiger partial charge in [0.05, 0.1) is 22.9 Å². The van der Waals surface area contributed by atoms with Crippen LogP contribution in [-0.2, 0) is 9.59 Å². The predicted octanol–water partition coefficient (Wildman–Crippen LogP) is 5.54. The van der Waals surface area contributed by atoms with Crippen molar-refractivity contribution in [3.63, 3.8) is 0 Å². The Hall–Kier alpha value is -3.52. The van der Waals surface area contributed by atoms with Gasteiger partial charge in [-0.3, -0.25) is 19.4 Å². The third-order valence-corrected chi connectivity index (χ3v) is 8.73. The van der Waals surface area contributed by atoms with E-state index < -0.39 is 5.97 Å². The van der Waals surface area contributed by atoms with Gasteiger partial charge in [-0.2, -0.15) is 0 Å². The van der Waals surface area contributed by atoms with Crippen LogP contribution in [0.25, 0.3) is 10.4 Å². The number of carboxylic acids is 1. The van der Waals surface area contributed by atoms with Crippen LogP contribution in [0.3, 0.4) is 0 Å². The van der Waals surface area contributed by atoms with Crippen molar-refractivity contribution in [3.8, 4) is 10.4 Å². The number of amides is 2. The fourth-order valence-corrected chi connectivity index (χ4v) is 6.84. The number of fused-ring (bicyclic) bond motifs is 2. The first kappa shape index (κ1) is 23.9. The molecule has 37 heavy (non-hydrogen) atoms. The third-order valence-electron chi connectivity index (χ3n) is 7.91. The van der Waals surface area contributed by atoms with E-state index in [1.807, 2.05) is 64.5 Å². The van der Waals surface area contributed by atoms with Gasteiger partial charge in [-0.1, -0.05) is 36.8 Å². The Labute approximate surface area is 219 Å². The number of carboxylic acid groups (broad SMARTS) is 1. The predicted molar refractivity (Wildman–Crippen MR) is 141 cm³/mol. The Kier molecular flexibility index (Phi) is 6.28. The minimum absolute atomic E-state index is 0.00650. The second kappa shape index (κ2) is 9.74. The van der Waals surface area contributed by atoms with E-state index in [1.54, 1.807) is 16.8 Å². The number of benzene rings is 2. The number of carbonyl (C=O) groups is 3. The van der Waals surface area contributed by atoms with E-state index in [0.717, 1.165) is 53.8 Å². The van der Waals surface area contributed by atoms with Crippen molar-refractivity contribution in [2.45, 2.75) is 63.1 Å². The maximum atomic E-state index is 14.1. The van der Waals surface area contributed by atoms with Crippen LogP contribution in [0.1, 0.15) is 66.9 Å². The fourth-order valence-electron chi connectivity index (χ4n) is 6.22. The maximum absolute atomic E-state index is 14.1. The Balaban J connectivity index is 1.39. The molecule has 3 aliphatic rings. The number of aromatic nitrogens is 1. The molecule has 0 radical (unpaired) electrons. The highest BCUT2D eigenvalue weighted by molar-refractivity contribution is 7.13. The number of hydrogen-bond acceptors (Lipinski definition) is 5. The largest absolute Gasteiger partial charge is 0.481 e. The summed E-state index contributed by atoms with van der Waals surface area (Å²) in [4.78, 5) is 47.9. The zero-order valence-electron chi connectivity index (χ0n) is 20.5. The summed E-state index contributed by atoms with van der Waals surface area (Å²) < 4.78 is 0. The molecule has 0 spiro atoms. The molecular formula is C29H29N3O4S. The number of hydrogen-bond donors (Lipinski definition) is 1. The summed E-state index contributed by atoms with van der Waals surface area (Å²) in [6, 6.07) is 15.7. The van der Waals surface area contributed by atoms with Crippen LogP contribution in [-0.4, -0.2) is 44.9 Å². The van der Waals surface area contributed by atoms with Gasteiger partial charge in [0.15, 0.2) is 0 Å². The van der Waals surface area contributed by atoms with Gasteiger partial charge < -0.3 is 14.9 Å². The van der Waals surface area contributed by atoms with Crippen molar-refractivity contribution in [2.24, 2.45) is 5.92 Å². The van der Waals surface area contributed by atoms with E-state index in [-0.39, 0.29) is 48.7 Å². The van der Waals surface area contributed by atoms with Gasteiger partial charge in [-0.15, -0.1) is 11.3 Å². The van der Waals surface area contributed by atoms with Gasteiger partial charge >= 0.3 is 5.97 Å². The van der Waals surface area contributed by atoms with Crippen molar-refractivity contribution in [1.82, 2.24) is 9.88 Å². The topological polar surface area (TPSA) is 90.8 Å². The number of rotatable bonds is 7. The third kappa shape index (κ3) is 4.44. The van der Waals surface area contributed by atoms with Gasteiger partial charge in [-0.05, 0) is 55.0 Å². The molecule has 2 aromatic carbocycles. The molecule has 1 aromatic heterocycles. The Morgan fingerprint density at radius 2 is 1.86 bits per heavy atom. The molecule has 2 fully saturated rings. The van der Waals surface area contributed by atoms with Crippen LogP contribution in [0.2, 0.25) is 0 Å². The minimum atomic E-state index is -0.954. The van der Waals surface area contributed by atoms with Crippen molar-refractivity contribution in [1.29, 1.82) is 0 Å². The summed E-state index contributed by atoms with van der Waals surface area (Å²) in [5.74, 6) is -0.946. The van der Waals surface area contributed by atoms with Crippen LogP contribution < -0.4 is 4.90 Å². The molecule has 6 rings (SSSR count). The lowest BCUT2D eigenvalue weighted by Gasteiger charge is -2.48. The van der Waals surface area contributed by atoms with E-state index >= 15 is 0 Å². The lowest BCUT2D eigenvalue weighted by molar-refractivity contribution is -0.142. The number of anilines is 1. The summed E-state index contributed by atoms with van der Waals surface area (Å²) in [5, 5.41) is 9.18. The monoisotopic (exact) mass is 515 g/mol. The molecule has 0 bridgehead atoms. The van der Waals surface area contributed by atoms with Crippen molar-refractivity contribution < 1.29 is 19.5 Å². The smallest absolute Gasteiger partial charge is 0.303 e. The van der Waals surface area contributed by atoms with Crippen LogP contribution in [0, 0.1) is 5.92 Å². The van der Waals surface area contributed by atoms with Crippen LogP contribution in [0.15, 0.2) is 60.2 Å². The quantitative estimate of drug-likeness (QED) is 0.446. The van der Waals surface area contributed by atoms with Gasteiger partial charge in [-0.25, -0.2) is 0 Å². The van der Waals surface area contributed by atoms with E-state index in [1.165, 1.54) is 0 Å². The maximum Gasteiger partial charge on any atom is 0.303 e. The molecule has 0 saturated heterocycles. The molecule has 3 aromatic rings. The van der Waals surface area contributed by atoms with Gasteiger partial charge in [0, 0.05) is 41.9 Å². The highest BCUT2D eigenvalue weighted by Crippen LogP contribution is 2.53. The van der Waals surface area contributed by atoms with Gasteiger partial charge in [0.25, 0.3) is 5.91 Å². The molecular weight excluding hydrogens is 486 g/mol. The second-order valence-electron chi connectivity index (χ2n) is 10.2. The minimum Gasteiger partial charge on any atom is -0.481 e. The van der Waals surface area contributed by atoms with Crippen molar-refractivity contribution in [2.75, 3.05) is 4.90 Å². The molecule has 7 nitrogen and oxygen atoms in total. The molecule has 8 heteroatoms. The zero-order valence-corrected chi connectivity index (χ0v) is 21.3. The standard InChI is InChI=1S/C29H29N3O4S/c33-26(13-14-27(34)35)31(20-11-12-20)28-21-7-1-2-9-23(21)32(24-10-4-8-22(24)28)29(36)19-6-3-5-18(15-19)25-16-30-17-37-25/h1-3,5-7,9,15-17,20,22,24,28H,4,8,10-14H2,(H,34,35)/t22-,24+,28-/m0/s1. The summed E-state index contributed by atoms with van der Waals surface area (Å²) in [7, 11) is 0. The summed E-state index contributed by atoms with van der Waals surface area (Å²) in [6.45, 7) is 0. The first-order valence-corrected chi connectivity index (χ1v) is 13.9. The Morgan fingerprint density at radius 1 is 1.03 bits per heavy atom. The number of aliphatic carboxylic acids is 1. The molecule has 2 amide bonds. The SMILES string of the molecule is O=C(O)CCC(=O)N(C1CC1)[C@H]1c2ccccc2N(C(=O)c2cccc(-c3cncs3)c2)[C@@H]2CCC[C@@H]21. The van der Waals surface area contributed by atoms with Gasteiger partial charge in [0.2, 0.25) is 5.91 Å². The molecule has 0 unspecified atom stereocenters. The average molecular weight is 516 g/mol. The number of carbonyl (C=O) groups excluding carboxylic acids is 2. The molecule has 1 aliphatic heterocycles. The molecule has 2 heterocycles. The lowest BCUT2D eigenvalue weighted by atomic mass is 9.81. The Bertz CT molecular complexity index is 1340. The van der Waals surface area contributed by atoms with Crippen molar-refractivity contribution in [3.05, 3.63) is 71.4 Å². The normalized spacial score (nSPS) is 22.3. The second-order valence-corrected chi connectivity index (χ2v) is 11.1. The van der Waals surface area contributed by atoms with E-state index in [9.17, 15) is 19.5 Å². The van der Waals surface area contributed by atoms with Crippen LogP contribution in [0.4, 0.5) is 5.69 Å². The number of nitrogens with zero attached hydrogens (tertiary/aromatic N) is 3. The molecule has 2 aliphatic carbocycles. The average Bonchev–Trinajstić information content (AvgIpc) is 3.37. The highest BCUT2D eigenvalue weighted by atomic mass is 32.1. The number of thiazole rings is 1. The highest BCUT2D eigenvalue weighted by Gasteiger charge is 2.51. The molecule has 3 atom stereocenters. The van der Waals surface area contributed by atoms with Crippen LogP contribution >= 0.6 is 11.3 Å². The van der Waals surface area contributed by atoms with E-state index in [4.69, 9.17) is 0 Å². The van der Waals surface area contributed by atoms with Gasteiger partial charge in [0.1, 0.15) is 0 Å². The molecule has 2 saturated carbocycles.